The van der Waals surface area contributed by atoms with Gasteiger partial charge in [-0.1, -0.05) is 11.6 Å². The van der Waals surface area contributed by atoms with E-state index in [1.807, 2.05) is 0 Å². The number of anilines is 2. The molecule has 104 valence electrons. The lowest BCUT2D eigenvalue weighted by molar-refractivity contribution is -0.116. The molecule has 0 atom stereocenters. The van der Waals surface area contributed by atoms with E-state index in [0.29, 0.717) is 35.7 Å². The van der Waals surface area contributed by atoms with Crippen LogP contribution in [0.25, 0.3) is 0 Å². The number of halogens is 1. The van der Waals surface area contributed by atoms with Gasteiger partial charge in [-0.2, -0.15) is 0 Å². The highest BCUT2D eigenvalue weighted by Gasteiger charge is 2.06. The minimum Gasteiger partial charge on any atom is -0.396 e. The second-order valence-electron chi connectivity index (χ2n) is 4.10. The van der Waals surface area contributed by atoms with Gasteiger partial charge in [-0.05, 0) is 31.0 Å². The Kier molecular flexibility index (Phi) is 6.32. The summed E-state index contributed by atoms with van der Waals surface area (Å²) in [6.45, 7) is 1.48. The van der Waals surface area contributed by atoms with Crippen LogP contribution in [0.3, 0.4) is 0 Å². The first-order valence-corrected chi connectivity index (χ1v) is 6.38. The van der Waals surface area contributed by atoms with Crippen LogP contribution in [0.4, 0.5) is 11.4 Å². The van der Waals surface area contributed by atoms with Gasteiger partial charge in [-0.15, -0.1) is 0 Å². The summed E-state index contributed by atoms with van der Waals surface area (Å²) in [6, 6.07) is 4.88. The largest absolute Gasteiger partial charge is 0.396 e. The molecule has 6 heteroatoms. The summed E-state index contributed by atoms with van der Waals surface area (Å²) >= 11 is 5.98. The minimum atomic E-state index is -0.206. The number of nitrogens with one attached hydrogen (secondary N) is 2. The van der Waals surface area contributed by atoms with Crippen molar-refractivity contribution in [3.63, 3.8) is 0 Å². The predicted molar refractivity (Wildman–Crippen MR) is 75.3 cm³/mol. The van der Waals surface area contributed by atoms with Gasteiger partial charge in [0.05, 0.1) is 10.7 Å². The molecule has 1 aromatic carbocycles. The Morgan fingerprint density at radius 1 is 1.26 bits per heavy atom. The fourth-order valence-corrected chi connectivity index (χ4v) is 1.73. The molecular formula is C13H17ClN2O3. The molecule has 3 N–H and O–H groups in total. The number of unbranched alkanes of at least 4 members (excludes halogenated alkanes) is 1. The molecule has 0 saturated carbocycles. The van der Waals surface area contributed by atoms with Crippen LogP contribution in [-0.4, -0.2) is 23.5 Å². The number of benzene rings is 1. The van der Waals surface area contributed by atoms with Crippen LogP contribution in [0.15, 0.2) is 18.2 Å². The lowest BCUT2D eigenvalue weighted by Crippen LogP contribution is -2.12. The number of carbonyl (C=O) groups is 2. The van der Waals surface area contributed by atoms with Crippen molar-refractivity contribution >= 4 is 34.8 Å². The Labute approximate surface area is 117 Å². The number of aliphatic hydroxyl groups excluding tert-OH is 1. The van der Waals surface area contributed by atoms with E-state index in [-0.39, 0.29) is 18.4 Å². The summed E-state index contributed by atoms with van der Waals surface area (Å²) in [5.74, 6) is -0.334. The van der Waals surface area contributed by atoms with Crippen molar-refractivity contribution in [2.75, 3.05) is 17.2 Å². The topological polar surface area (TPSA) is 78.4 Å². The first-order chi connectivity index (χ1) is 9.02. The second kappa shape index (κ2) is 7.76. The molecule has 0 radical (unpaired) electrons. The van der Waals surface area contributed by atoms with E-state index in [1.165, 1.54) is 6.92 Å². The lowest BCUT2D eigenvalue weighted by atomic mass is 10.2. The predicted octanol–water partition coefficient (Wildman–Crippen LogP) is 2.40. The van der Waals surface area contributed by atoms with Crippen LogP contribution in [0.5, 0.6) is 0 Å². The molecule has 0 bridgehead atoms. The monoisotopic (exact) mass is 284 g/mol. The smallest absolute Gasteiger partial charge is 0.224 e. The number of carbonyl (C=O) groups excluding carboxylic acids is 2. The van der Waals surface area contributed by atoms with E-state index in [9.17, 15) is 9.59 Å². The summed E-state index contributed by atoms with van der Waals surface area (Å²) in [4.78, 5) is 22.5. The Bertz CT molecular complexity index is 463. The normalized spacial score (nSPS) is 10.1. The van der Waals surface area contributed by atoms with Gasteiger partial charge in [-0.3, -0.25) is 9.59 Å². The van der Waals surface area contributed by atoms with E-state index in [0.717, 1.165) is 0 Å². The van der Waals surface area contributed by atoms with Crippen LogP contribution in [0.2, 0.25) is 5.02 Å². The van der Waals surface area contributed by atoms with Crippen molar-refractivity contribution in [2.45, 2.75) is 26.2 Å². The molecule has 19 heavy (non-hydrogen) atoms. The SMILES string of the molecule is CC(=O)Nc1ccc(NC(=O)CCCCO)cc1Cl. The minimum absolute atomic E-state index is 0.0878. The number of rotatable bonds is 6. The third kappa shape index (κ3) is 5.72. The lowest BCUT2D eigenvalue weighted by Gasteiger charge is -2.09. The molecule has 0 aliphatic rings. The van der Waals surface area contributed by atoms with Crippen LogP contribution >= 0.6 is 11.6 Å². The average Bonchev–Trinajstić information content (AvgIpc) is 2.32. The third-order valence-electron chi connectivity index (χ3n) is 2.38. The van der Waals surface area contributed by atoms with Crippen LogP contribution in [-0.2, 0) is 9.59 Å². The van der Waals surface area contributed by atoms with Crippen molar-refractivity contribution in [2.24, 2.45) is 0 Å². The summed E-state index contributed by atoms with van der Waals surface area (Å²) in [5.41, 5.74) is 1.08. The zero-order valence-corrected chi connectivity index (χ0v) is 11.5. The van der Waals surface area contributed by atoms with Gasteiger partial charge in [0.2, 0.25) is 11.8 Å². The van der Waals surface area contributed by atoms with Crippen molar-refractivity contribution in [3.05, 3.63) is 23.2 Å². The third-order valence-corrected chi connectivity index (χ3v) is 2.69. The van der Waals surface area contributed by atoms with Crippen LogP contribution < -0.4 is 10.6 Å². The fourth-order valence-electron chi connectivity index (χ4n) is 1.50. The van der Waals surface area contributed by atoms with Crippen molar-refractivity contribution in [1.29, 1.82) is 0 Å². The van der Waals surface area contributed by atoms with Crippen molar-refractivity contribution in [1.82, 2.24) is 0 Å². The summed E-state index contributed by atoms with van der Waals surface area (Å²) < 4.78 is 0. The van der Waals surface area contributed by atoms with Gasteiger partial charge >= 0.3 is 0 Å². The molecule has 5 nitrogen and oxygen atoms in total. The molecule has 0 aliphatic carbocycles. The molecule has 0 unspecified atom stereocenters. The molecule has 0 aliphatic heterocycles. The molecule has 2 amide bonds. The van der Waals surface area contributed by atoms with Gasteiger partial charge in [0.15, 0.2) is 0 Å². The first kappa shape index (κ1) is 15.5. The van der Waals surface area contributed by atoms with E-state index < -0.39 is 0 Å². The maximum atomic E-state index is 11.6. The Hall–Kier alpha value is -1.59. The molecule has 1 aromatic rings. The van der Waals surface area contributed by atoms with Gasteiger partial charge in [0.25, 0.3) is 0 Å². The molecular weight excluding hydrogens is 268 g/mol. The quantitative estimate of drug-likeness (QED) is 0.702. The summed E-state index contributed by atoms with van der Waals surface area (Å²) in [5, 5.41) is 14.3. The average molecular weight is 285 g/mol. The maximum Gasteiger partial charge on any atom is 0.224 e. The van der Waals surface area contributed by atoms with Gasteiger partial charge in [0, 0.05) is 25.6 Å². The summed E-state index contributed by atoms with van der Waals surface area (Å²) in [7, 11) is 0. The molecule has 0 fully saturated rings. The summed E-state index contributed by atoms with van der Waals surface area (Å²) in [6.07, 6.45) is 1.60. The number of aliphatic hydroxyl groups is 1. The zero-order valence-electron chi connectivity index (χ0n) is 10.7. The fraction of sp³-hybridized carbons (Fsp3) is 0.385. The number of hydrogen-bond donors (Lipinski definition) is 3. The highest BCUT2D eigenvalue weighted by molar-refractivity contribution is 6.34. The molecule has 0 heterocycles. The molecule has 0 aromatic heterocycles. The first-order valence-electron chi connectivity index (χ1n) is 6.01. The van der Waals surface area contributed by atoms with E-state index in [2.05, 4.69) is 10.6 Å². The van der Waals surface area contributed by atoms with Crippen molar-refractivity contribution < 1.29 is 14.7 Å². The highest BCUT2D eigenvalue weighted by atomic mass is 35.5. The van der Waals surface area contributed by atoms with E-state index in [1.54, 1.807) is 18.2 Å². The van der Waals surface area contributed by atoms with Crippen LogP contribution in [0.1, 0.15) is 26.2 Å². The standard InChI is InChI=1S/C13H17ClN2O3/c1-9(18)15-12-6-5-10(8-11(12)14)16-13(19)4-2-3-7-17/h5-6,8,17H,2-4,7H2,1H3,(H,15,18)(H,16,19). The zero-order chi connectivity index (χ0) is 14.3. The highest BCUT2D eigenvalue weighted by Crippen LogP contribution is 2.25. The van der Waals surface area contributed by atoms with Crippen LogP contribution in [0, 0.1) is 0 Å². The second-order valence-corrected chi connectivity index (χ2v) is 4.51. The van der Waals surface area contributed by atoms with Gasteiger partial charge in [0.1, 0.15) is 0 Å². The van der Waals surface area contributed by atoms with E-state index >= 15 is 0 Å². The molecule has 0 spiro atoms. The Balaban J connectivity index is 2.58. The Morgan fingerprint density at radius 2 is 2.00 bits per heavy atom. The van der Waals surface area contributed by atoms with Gasteiger partial charge in [-0.25, -0.2) is 0 Å². The van der Waals surface area contributed by atoms with E-state index in [4.69, 9.17) is 16.7 Å². The molecule has 0 saturated heterocycles. The maximum absolute atomic E-state index is 11.6. The Morgan fingerprint density at radius 3 is 2.58 bits per heavy atom. The van der Waals surface area contributed by atoms with Crippen molar-refractivity contribution in [3.8, 4) is 0 Å². The number of amides is 2. The molecule has 1 rings (SSSR count). The number of hydrogen-bond acceptors (Lipinski definition) is 3. The van der Waals surface area contributed by atoms with Gasteiger partial charge < -0.3 is 15.7 Å².